The van der Waals surface area contributed by atoms with Crippen LogP contribution >= 0.6 is 0 Å². The molecule has 0 spiro atoms. The molecule has 1 heterocycles. The molecule has 3 heteroatoms. The largest absolute Gasteiger partial charge is 0.370 e. The molecule has 2 aliphatic rings. The summed E-state index contributed by atoms with van der Waals surface area (Å²) in [7, 11) is -1.81. The molecule has 2 rings (SSSR count). The van der Waals surface area contributed by atoms with Crippen LogP contribution in [0.3, 0.4) is 0 Å². The highest BCUT2D eigenvalue weighted by atomic mass is 28.3. The molecule has 2 fully saturated rings. The fraction of sp³-hybridized carbons (Fsp3) is 1.00. The van der Waals surface area contributed by atoms with Crippen LogP contribution in [0, 0.1) is 5.92 Å². The van der Waals surface area contributed by atoms with Crippen molar-refractivity contribution in [3.05, 3.63) is 0 Å². The standard InChI is InChI=1S/C9H17O2Si/c1-12(10)9(7-11-9)8-5-3-2-4-6-8/h8,12H,2-7H2,1H3. The highest BCUT2D eigenvalue weighted by Gasteiger charge is 2.56. The van der Waals surface area contributed by atoms with Gasteiger partial charge < -0.3 is 4.74 Å². The van der Waals surface area contributed by atoms with Crippen LogP contribution in [0.2, 0.25) is 6.55 Å². The van der Waals surface area contributed by atoms with Crippen LogP contribution in [0.5, 0.6) is 0 Å². The lowest BCUT2D eigenvalue weighted by molar-refractivity contribution is 0.210. The predicted octanol–water partition coefficient (Wildman–Crippen LogP) is 1.66. The molecule has 0 bridgehead atoms. The number of ether oxygens (including phenoxy) is 1. The summed E-state index contributed by atoms with van der Waals surface area (Å²) in [6, 6.07) is 0. The Bertz CT molecular complexity index is 160. The molecule has 1 aliphatic carbocycles. The lowest BCUT2D eigenvalue weighted by Crippen LogP contribution is -2.39. The van der Waals surface area contributed by atoms with Crippen LogP contribution in [-0.2, 0) is 9.53 Å². The minimum absolute atomic E-state index is 0.0968. The van der Waals surface area contributed by atoms with Crippen LogP contribution in [0.1, 0.15) is 32.1 Å². The molecule has 0 aromatic heterocycles. The normalized spacial score (nSPS) is 39.5. The van der Waals surface area contributed by atoms with Crippen molar-refractivity contribution in [2.75, 3.05) is 6.61 Å². The average molecular weight is 185 g/mol. The van der Waals surface area contributed by atoms with Crippen molar-refractivity contribution in [2.45, 2.75) is 43.9 Å². The molecule has 0 N–H and O–H groups in total. The zero-order chi connectivity index (χ0) is 8.60. The Labute approximate surface area is 75.7 Å². The Hall–Kier alpha value is 0.137. The van der Waals surface area contributed by atoms with Crippen LogP contribution in [0.25, 0.3) is 0 Å². The maximum Gasteiger partial charge on any atom is 0.253 e. The number of hydrogen-bond donors (Lipinski definition) is 0. The van der Waals surface area contributed by atoms with E-state index in [9.17, 15) is 4.80 Å². The number of hydrogen-bond acceptors (Lipinski definition) is 1. The first-order chi connectivity index (χ1) is 5.76. The fourth-order valence-electron chi connectivity index (χ4n) is 2.48. The van der Waals surface area contributed by atoms with E-state index in [1.54, 1.807) is 0 Å². The molecule has 2 nitrogen and oxygen atoms in total. The Balaban J connectivity index is 1.97. The molecule has 0 aromatic carbocycles. The van der Waals surface area contributed by atoms with E-state index in [2.05, 4.69) is 0 Å². The van der Waals surface area contributed by atoms with Gasteiger partial charge in [0.2, 0.25) is 0 Å². The average Bonchev–Trinajstić information content (AvgIpc) is 2.86. The third-order valence-corrected chi connectivity index (χ3v) is 5.64. The predicted molar refractivity (Wildman–Crippen MR) is 49.0 cm³/mol. The Morgan fingerprint density at radius 1 is 1.33 bits per heavy atom. The van der Waals surface area contributed by atoms with Gasteiger partial charge in [-0.1, -0.05) is 19.3 Å². The van der Waals surface area contributed by atoms with Crippen LogP contribution in [0.4, 0.5) is 0 Å². The molecular weight excluding hydrogens is 168 g/mol. The lowest BCUT2D eigenvalue weighted by atomic mass is 9.87. The first kappa shape index (κ1) is 8.72. The SMILES string of the molecule is C[SiH]([O])C1(C2CCCCC2)CO1. The molecule has 1 saturated carbocycles. The maximum absolute atomic E-state index is 11.5. The van der Waals surface area contributed by atoms with E-state index in [-0.39, 0.29) is 5.22 Å². The maximum atomic E-state index is 11.5. The minimum Gasteiger partial charge on any atom is -0.370 e. The third kappa shape index (κ3) is 1.34. The highest BCUT2D eigenvalue weighted by molar-refractivity contribution is 6.53. The molecule has 1 aliphatic heterocycles. The first-order valence-electron chi connectivity index (χ1n) is 5.05. The molecule has 12 heavy (non-hydrogen) atoms. The summed E-state index contributed by atoms with van der Waals surface area (Å²) in [6.45, 7) is 2.68. The summed E-state index contributed by atoms with van der Waals surface area (Å²) in [5, 5.41) is -0.0968. The molecule has 0 amide bonds. The second-order valence-corrected chi connectivity index (χ2v) is 6.48. The Kier molecular flexibility index (Phi) is 2.27. The Morgan fingerprint density at radius 2 is 1.92 bits per heavy atom. The number of epoxide rings is 1. The Morgan fingerprint density at radius 3 is 2.33 bits per heavy atom. The van der Waals surface area contributed by atoms with Gasteiger partial charge in [0.05, 0.1) is 6.61 Å². The van der Waals surface area contributed by atoms with Crippen molar-refractivity contribution in [3.63, 3.8) is 0 Å². The summed E-state index contributed by atoms with van der Waals surface area (Å²) < 4.78 is 5.45. The summed E-state index contributed by atoms with van der Waals surface area (Å²) in [6.07, 6.45) is 6.49. The molecule has 69 valence electrons. The van der Waals surface area contributed by atoms with E-state index in [4.69, 9.17) is 4.74 Å². The van der Waals surface area contributed by atoms with Crippen molar-refractivity contribution in [2.24, 2.45) is 5.92 Å². The van der Waals surface area contributed by atoms with Gasteiger partial charge in [0, 0.05) is 0 Å². The topological polar surface area (TPSA) is 32.4 Å². The van der Waals surface area contributed by atoms with Gasteiger partial charge in [-0.3, -0.25) is 4.80 Å². The van der Waals surface area contributed by atoms with Gasteiger partial charge in [-0.05, 0) is 25.3 Å². The van der Waals surface area contributed by atoms with E-state index < -0.39 is 9.04 Å². The quantitative estimate of drug-likeness (QED) is 0.475. The van der Waals surface area contributed by atoms with Gasteiger partial charge in [-0.15, -0.1) is 0 Å². The van der Waals surface area contributed by atoms with Gasteiger partial charge in [-0.2, -0.15) is 0 Å². The van der Waals surface area contributed by atoms with Crippen molar-refractivity contribution >= 4 is 9.04 Å². The fourth-order valence-corrected chi connectivity index (χ4v) is 4.03. The van der Waals surface area contributed by atoms with Gasteiger partial charge in [0.1, 0.15) is 5.22 Å². The monoisotopic (exact) mass is 185 g/mol. The summed E-state index contributed by atoms with van der Waals surface area (Å²) in [5.41, 5.74) is 0. The highest BCUT2D eigenvalue weighted by Crippen LogP contribution is 2.44. The van der Waals surface area contributed by atoms with E-state index in [1.807, 2.05) is 6.55 Å². The van der Waals surface area contributed by atoms with E-state index >= 15 is 0 Å². The van der Waals surface area contributed by atoms with Crippen LogP contribution < -0.4 is 0 Å². The van der Waals surface area contributed by atoms with E-state index in [0.29, 0.717) is 5.92 Å². The molecule has 2 unspecified atom stereocenters. The van der Waals surface area contributed by atoms with Gasteiger partial charge in [0.25, 0.3) is 9.04 Å². The number of rotatable bonds is 2. The second kappa shape index (κ2) is 3.12. The molecule has 0 aromatic rings. The van der Waals surface area contributed by atoms with Gasteiger partial charge >= 0.3 is 0 Å². The van der Waals surface area contributed by atoms with Crippen LogP contribution in [0.15, 0.2) is 0 Å². The van der Waals surface area contributed by atoms with E-state index in [1.165, 1.54) is 32.1 Å². The third-order valence-electron chi connectivity index (χ3n) is 3.46. The zero-order valence-electron chi connectivity index (χ0n) is 7.71. The first-order valence-corrected chi connectivity index (χ1v) is 7.26. The zero-order valence-corrected chi connectivity index (χ0v) is 8.87. The minimum atomic E-state index is -1.81. The summed E-state index contributed by atoms with van der Waals surface area (Å²) in [4.78, 5) is 11.5. The lowest BCUT2D eigenvalue weighted by Gasteiger charge is -2.27. The van der Waals surface area contributed by atoms with Crippen molar-refractivity contribution in [3.8, 4) is 0 Å². The molecule has 1 saturated heterocycles. The summed E-state index contributed by atoms with van der Waals surface area (Å²) in [5.74, 6) is 0.630. The van der Waals surface area contributed by atoms with Gasteiger partial charge in [-0.25, -0.2) is 0 Å². The van der Waals surface area contributed by atoms with Gasteiger partial charge in [0.15, 0.2) is 0 Å². The van der Waals surface area contributed by atoms with Crippen molar-refractivity contribution in [1.82, 2.24) is 0 Å². The summed E-state index contributed by atoms with van der Waals surface area (Å²) >= 11 is 0. The molecular formula is C9H17O2Si. The van der Waals surface area contributed by atoms with Crippen LogP contribution in [-0.4, -0.2) is 20.9 Å². The van der Waals surface area contributed by atoms with Crippen molar-refractivity contribution in [1.29, 1.82) is 0 Å². The van der Waals surface area contributed by atoms with E-state index in [0.717, 1.165) is 6.61 Å². The molecule has 1 radical (unpaired) electrons. The second-order valence-electron chi connectivity index (χ2n) is 4.22. The molecule has 2 atom stereocenters. The van der Waals surface area contributed by atoms with Crippen molar-refractivity contribution < 1.29 is 9.53 Å². The smallest absolute Gasteiger partial charge is 0.253 e.